The third kappa shape index (κ3) is 9.43. The van der Waals surface area contributed by atoms with E-state index in [2.05, 4.69) is 0 Å². The quantitative estimate of drug-likeness (QED) is 0.446. The van der Waals surface area contributed by atoms with E-state index in [1.807, 2.05) is 0 Å². The van der Waals surface area contributed by atoms with Gasteiger partial charge < -0.3 is 0 Å². The maximum atomic E-state index is 0. The molecule has 0 aromatic carbocycles. The summed E-state index contributed by atoms with van der Waals surface area (Å²) in [6, 6.07) is 0. The molecule has 0 atom stereocenters. The first-order valence-electron chi connectivity index (χ1n) is 0. The Morgan fingerprint density at radius 2 is 1.00 bits per heavy atom. The van der Waals surface area contributed by atoms with Crippen molar-refractivity contribution in [1.82, 2.24) is 0 Å². The smallest absolute Gasteiger partial charge is 0 e. The van der Waals surface area contributed by atoms with Gasteiger partial charge in [-0.05, 0) is 0 Å². The zero-order valence-electron chi connectivity index (χ0n) is 2.02. The Labute approximate surface area is 61.1 Å². The first-order valence-corrected chi connectivity index (χ1v) is 0. The van der Waals surface area contributed by atoms with Gasteiger partial charge in [-0.25, -0.2) is 0 Å². The van der Waals surface area contributed by atoms with E-state index in [4.69, 9.17) is 0 Å². The van der Waals surface area contributed by atoms with E-state index in [1.54, 1.807) is 0 Å². The molecule has 0 aromatic rings. The molecular weight excluding hydrogens is 233 g/mol. The van der Waals surface area contributed by atoms with Crippen LogP contribution >= 0.6 is 0 Å². The summed E-state index contributed by atoms with van der Waals surface area (Å²) in [5.41, 5.74) is 0. The SMILES string of the molecule is [B].[Ge].[Sb].[Si]. The Morgan fingerprint density at radius 1 is 1.00 bits per heavy atom. The summed E-state index contributed by atoms with van der Waals surface area (Å²) in [7, 11) is 0. The summed E-state index contributed by atoms with van der Waals surface area (Å²) in [6.45, 7) is 0. The molecule has 0 amide bonds. The van der Waals surface area contributed by atoms with Gasteiger partial charge in [-0.1, -0.05) is 0 Å². The fourth-order valence-corrected chi connectivity index (χ4v) is 0. The van der Waals surface area contributed by atoms with Crippen molar-refractivity contribution in [2.45, 2.75) is 0 Å². The van der Waals surface area contributed by atoms with Crippen molar-refractivity contribution in [2.24, 2.45) is 0 Å². The second kappa shape index (κ2) is 22.8. The molecule has 4 heteroatoms. The van der Waals surface area contributed by atoms with Gasteiger partial charge in [0, 0.05) is 61.4 Å². The third-order valence-electron chi connectivity index (χ3n) is 0. The summed E-state index contributed by atoms with van der Waals surface area (Å²) in [5.74, 6) is 0. The van der Waals surface area contributed by atoms with Gasteiger partial charge in [0.2, 0.25) is 0 Å². The van der Waals surface area contributed by atoms with E-state index in [0.717, 1.165) is 0 Å². The van der Waals surface area contributed by atoms with Crippen LogP contribution in [-0.2, 0) is 0 Å². The fourth-order valence-electron chi connectivity index (χ4n) is 0. The minimum Gasteiger partial charge on any atom is 0 e. The standard InChI is InChI=1S/B.Ge.Sb.Si. The number of hydrogen-bond donors (Lipinski definition) is 0. The van der Waals surface area contributed by atoms with Crippen molar-refractivity contribution in [2.75, 3.05) is 0 Å². The predicted molar refractivity (Wildman–Crippen MR) is 23.0 cm³/mol. The summed E-state index contributed by atoms with van der Waals surface area (Å²) in [4.78, 5) is 0. The molecule has 0 fully saturated rings. The maximum absolute atomic E-state index is 0. The molecule has 0 unspecified atom stereocenters. The summed E-state index contributed by atoms with van der Waals surface area (Å²) >= 11 is 0. The van der Waals surface area contributed by atoms with Crippen LogP contribution in [0, 0.1) is 0 Å². The van der Waals surface area contributed by atoms with Crippen molar-refractivity contribution in [3.8, 4) is 0 Å². The van der Waals surface area contributed by atoms with Crippen LogP contribution in [0.15, 0.2) is 0 Å². The molecule has 0 heterocycles. The van der Waals surface area contributed by atoms with Gasteiger partial charge in [0.1, 0.15) is 0 Å². The monoisotopic (exact) mass is 234 g/mol. The molecule has 0 spiro atoms. The molecular formula is BGeSbSi. The first-order chi connectivity index (χ1) is 0. The van der Waals surface area contributed by atoms with Crippen LogP contribution < -0.4 is 0 Å². The average molecular weight is 233 g/mol. The van der Waals surface area contributed by atoms with Crippen molar-refractivity contribution in [1.29, 1.82) is 0 Å². The Bertz CT molecular complexity index is 8.00. The van der Waals surface area contributed by atoms with E-state index in [1.165, 1.54) is 0 Å². The zero-order valence-corrected chi connectivity index (χ0v) is 7.68. The third-order valence-corrected chi connectivity index (χ3v) is 0. The van der Waals surface area contributed by atoms with Crippen LogP contribution in [0.4, 0.5) is 0 Å². The van der Waals surface area contributed by atoms with E-state index < -0.39 is 0 Å². The second-order valence-electron chi connectivity index (χ2n) is 0. The molecule has 0 aliphatic carbocycles. The molecule has 0 saturated carbocycles. The van der Waals surface area contributed by atoms with E-state index in [-0.39, 0.29) is 61.4 Å². The normalized spacial score (nSPS) is 0. The Morgan fingerprint density at radius 3 is 1.00 bits per heavy atom. The van der Waals surface area contributed by atoms with Crippen LogP contribution in [-0.4, -0.2) is 61.4 Å². The van der Waals surface area contributed by atoms with E-state index in [0.29, 0.717) is 0 Å². The number of hydrogen-bond acceptors (Lipinski definition) is 0. The molecule has 0 nitrogen and oxygen atoms in total. The molecule has 16 valence electrons. The van der Waals surface area contributed by atoms with E-state index >= 15 is 0 Å². The minimum absolute atomic E-state index is 0. The molecule has 0 saturated heterocycles. The average Bonchev–Trinajstić information content (AvgIpc) is 0. The van der Waals surface area contributed by atoms with Gasteiger partial charge >= 0.3 is 0 Å². The van der Waals surface area contributed by atoms with Crippen molar-refractivity contribution in [3.05, 3.63) is 0 Å². The fraction of sp³-hybridized carbons (Fsp3) is 0. The molecule has 4 heavy (non-hydrogen) atoms. The molecule has 0 N–H and O–H groups in total. The van der Waals surface area contributed by atoms with Crippen molar-refractivity contribution >= 4 is 61.4 Å². The van der Waals surface area contributed by atoms with Gasteiger partial charge in [0.25, 0.3) is 0 Å². The Hall–Kier alpha value is 1.64. The van der Waals surface area contributed by atoms with Gasteiger partial charge in [0.15, 0.2) is 0 Å². The van der Waals surface area contributed by atoms with Crippen molar-refractivity contribution in [3.63, 3.8) is 0 Å². The topological polar surface area (TPSA) is 0 Å². The van der Waals surface area contributed by atoms with E-state index in [9.17, 15) is 0 Å². The predicted octanol–water partition coefficient (Wildman–Crippen LogP) is -1.52. The van der Waals surface area contributed by atoms with Crippen molar-refractivity contribution < 1.29 is 0 Å². The van der Waals surface area contributed by atoms with Gasteiger partial charge in [0.05, 0.1) is 0 Å². The van der Waals surface area contributed by atoms with Crippen LogP contribution in [0.25, 0.3) is 0 Å². The van der Waals surface area contributed by atoms with Crippen LogP contribution in [0.3, 0.4) is 0 Å². The Kier molecular flexibility index (Phi) is 257. The molecule has 0 aliphatic heterocycles. The van der Waals surface area contributed by atoms with Gasteiger partial charge in [-0.3, -0.25) is 0 Å². The largest absolute Gasteiger partial charge is 0 e. The minimum atomic E-state index is 0. The van der Waals surface area contributed by atoms with Crippen LogP contribution in [0.2, 0.25) is 0 Å². The molecule has 0 bridgehead atoms. The van der Waals surface area contributed by atoms with Gasteiger partial charge in [-0.15, -0.1) is 0 Å². The maximum Gasteiger partial charge on any atom is 0 e. The van der Waals surface area contributed by atoms with Gasteiger partial charge in [-0.2, -0.15) is 0 Å². The van der Waals surface area contributed by atoms with Crippen LogP contribution in [0.5, 0.6) is 0 Å². The molecule has 14 radical (unpaired) electrons. The summed E-state index contributed by atoms with van der Waals surface area (Å²) < 4.78 is 0. The Balaban J connectivity index is 0. The number of rotatable bonds is 0. The first kappa shape index (κ1) is 45.1. The molecule has 0 aliphatic rings. The van der Waals surface area contributed by atoms with Crippen LogP contribution in [0.1, 0.15) is 0 Å². The summed E-state index contributed by atoms with van der Waals surface area (Å²) in [6.07, 6.45) is 0. The second-order valence-corrected chi connectivity index (χ2v) is 0. The molecule has 0 rings (SSSR count). The summed E-state index contributed by atoms with van der Waals surface area (Å²) in [5, 5.41) is 0. The zero-order chi connectivity index (χ0) is 0. The molecule has 0 aromatic heterocycles.